The Morgan fingerprint density at radius 1 is 1.47 bits per heavy atom. The molecule has 0 spiro atoms. The zero-order chi connectivity index (χ0) is 10.7. The van der Waals surface area contributed by atoms with Crippen LogP contribution in [0, 0.1) is 11.3 Å². The van der Waals surface area contributed by atoms with E-state index in [1.165, 1.54) is 10.3 Å². The molecule has 1 aromatic heterocycles. The average molecular weight is 216 g/mol. The van der Waals surface area contributed by atoms with Gasteiger partial charge in [0.15, 0.2) is 0 Å². The van der Waals surface area contributed by atoms with Crippen molar-refractivity contribution in [3.63, 3.8) is 0 Å². The second-order valence-electron chi connectivity index (χ2n) is 3.49. The summed E-state index contributed by atoms with van der Waals surface area (Å²) in [6, 6.07) is 10.4. The molecule has 1 unspecified atom stereocenters. The maximum atomic E-state index is 8.61. The maximum Gasteiger partial charge on any atom is 0.0633 e. The maximum absolute atomic E-state index is 8.61. The van der Waals surface area contributed by atoms with Crippen LogP contribution in [0.3, 0.4) is 0 Å². The first-order valence-electron chi connectivity index (χ1n) is 4.91. The van der Waals surface area contributed by atoms with Crippen LogP contribution in [0.1, 0.15) is 13.3 Å². The van der Waals surface area contributed by atoms with Crippen LogP contribution in [-0.2, 0) is 0 Å². The van der Waals surface area contributed by atoms with Crippen LogP contribution in [0.5, 0.6) is 0 Å². The number of thioether (sulfide) groups is 1. The van der Waals surface area contributed by atoms with Gasteiger partial charge in [0.25, 0.3) is 0 Å². The number of benzene rings is 1. The van der Waals surface area contributed by atoms with E-state index < -0.39 is 0 Å². The van der Waals surface area contributed by atoms with Gasteiger partial charge >= 0.3 is 0 Å². The summed E-state index contributed by atoms with van der Waals surface area (Å²) in [6.45, 7) is 2.08. The van der Waals surface area contributed by atoms with Crippen molar-refractivity contribution in [2.24, 2.45) is 0 Å². The molecule has 0 aliphatic heterocycles. The first-order valence-corrected chi connectivity index (χ1v) is 5.79. The van der Waals surface area contributed by atoms with E-state index in [9.17, 15) is 0 Å². The highest BCUT2D eigenvalue weighted by Gasteiger charge is 2.08. The molecule has 0 aliphatic rings. The molecule has 2 aromatic rings. The van der Waals surface area contributed by atoms with Crippen LogP contribution in [0.15, 0.2) is 35.4 Å². The Labute approximate surface area is 93.3 Å². The van der Waals surface area contributed by atoms with Crippen molar-refractivity contribution in [1.29, 1.82) is 5.26 Å². The summed E-state index contributed by atoms with van der Waals surface area (Å²) in [7, 11) is 0. The molecule has 0 bridgehead atoms. The number of fused-ring (bicyclic) bond motifs is 1. The van der Waals surface area contributed by atoms with Gasteiger partial charge in [0.1, 0.15) is 0 Å². The van der Waals surface area contributed by atoms with Gasteiger partial charge in [0.05, 0.1) is 6.07 Å². The predicted molar refractivity (Wildman–Crippen MR) is 63.8 cm³/mol. The molecule has 1 aromatic carbocycles. The van der Waals surface area contributed by atoms with Crippen LogP contribution < -0.4 is 0 Å². The normalized spacial score (nSPS) is 12.5. The molecule has 76 valence electrons. The van der Waals surface area contributed by atoms with E-state index in [1.54, 1.807) is 11.8 Å². The summed E-state index contributed by atoms with van der Waals surface area (Å²) < 4.78 is 0. The number of hydrogen-bond donors (Lipinski definition) is 1. The number of hydrogen-bond acceptors (Lipinski definition) is 2. The molecule has 0 saturated heterocycles. The Kier molecular flexibility index (Phi) is 2.98. The summed E-state index contributed by atoms with van der Waals surface area (Å²) in [5.41, 5.74) is 1.16. The van der Waals surface area contributed by atoms with Crippen LogP contribution in [-0.4, -0.2) is 10.2 Å². The fourth-order valence-electron chi connectivity index (χ4n) is 1.53. The number of H-pyrrole nitrogens is 1. The smallest absolute Gasteiger partial charge is 0.0633 e. The molecule has 0 aliphatic carbocycles. The molecule has 3 heteroatoms. The molecule has 0 amide bonds. The summed E-state index contributed by atoms with van der Waals surface area (Å²) in [4.78, 5) is 4.46. The Morgan fingerprint density at radius 2 is 2.27 bits per heavy atom. The van der Waals surface area contributed by atoms with E-state index in [0.717, 1.165) is 5.52 Å². The molecule has 1 heterocycles. The number of para-hydroxylation sites is 1. The highest BCUT2D eigenvalue weighted by atomic mass is 32.2. The lowest BCUT2D eigenvalue weighted by Gasteiger charge is -2.04. The van der Waals surface area contributed by atoms with Crippen molar-refractivity contribution in [3.8, 4) is 6.07 Å². The van der Waals surface area contributed by atoms with Gasteiger partial charge in [-0.3, -0.25) is 0 Å². The third-order valence-electron chi connectivity index (χ3n) is 2.26. The minimum Gasteiger partial charge on any atom is -0.360 e. The lowest BCUT2D eigenvalue weighted by molar-refractivity contribution is 0.990. The lowest BCUT2D eigenvalue weighted by atomic mass is 10.2. The summed E-state index contributed by atoms with van der Waals surface area (Å²) in [6.07, 6.45) is 2.60. The number of aromatic nitrogens is 1. The van der Waals surface area contributed by atoms with Crippen molar-refractivity contribution in [2.75, 3.05) is 0 Å². The SMILES string of the molecule is CC(CC#N)Sc1c[nH]c2ccccc12. The Hall–Kier alpha value is -1.40. The van der Waals surface area contributed by atoms with E-state index in [4.69, 9.17) is 5.26 Å². The first kappa shape index (κ1) is 10.1. The minimum absolute atomic E-state index is 0.342. The molecule has 2 nitrogen and oxygen atoms in total. The Balaban J connectivity index is 2.25. The molecule has 0 saturated carbocycles. The largest absolute Gasteiger partial charge is 0.360 e. The van der Waals surface area contributed by atoms with Crippen LogP contribution in [0.4, 0.5) is 0 Å². The molecule has 1 N–H and O–H groups in total. The predicted octanol–water partition coefficient (Wildman–Crippen LogP) is 3.56. The van der Waals surface area contributed by atoms with Gasteiger partial charge in [-0.15, -0.1) is 11.8 Å². The quantitative estimate of drug-likeness (QED) is 0.797. The number of nitrogens with one attached hydrogen (secondary N) is 1. The molecular weight excluding hydrogens is 204 g/mol. The van der Waals surface area contributed by atoms with Crippen molar-refractivity contribution in [3.05, 3.63) is 30.5 Å². The number of nitriles is 1. The van der Waals surface area contributed by atoms with E-state index in [-0.39, 0.29) is 0 Å². The Bertz CT molecular complexity index is 496. The second kappa shape index (κ2) is 4.41. The number of nitrogens with zero attached hydrogens (tertiary/aromatic N) is 1. The number of aromatic amines is 1. The van der Waals surface area contributed by atoms with Gasteiger partial charge < -0.3 is 4.98 Å². The second-order valence-corrected chi connectivity index (χ2v) is 4.97. The van der Waals surface area contributed by atoms with Gasteiger partial charge in [0.2, 0.25) is 0 Å². The van der Waals surface area contributed by atoms with Crippen molar-refractivity contribution in [2.45, 2.75) is 23.5 Å². The third-order valence-corrected chi connectivity index (χ3v) is 3.42. The fraction of sp³-hybridized carbons (Fsp3) is 0.250. The lowest BCUT2D eigenvalue weighted by Crippen LogP contribution is -1.92. The van der Waals surface area contributed by atoms with E-state index in [2.05, 4.69) is 30.1 Å². The van der Waals surface area contributed by atoms with Gasteiger partial charge in [-0.25, -0.2) is 0 Å². The highest BCUT2D eigenvalue weighted by Crippen LogP contribution is 2.31. The average Bonchev–Trinajstić information content (AvgIpc) is 2.62. The molecule has 0 radical (unpaired) electrons. The first-order chi connectivity index (χ1) is 7.31. The van der Waals surface area contributed by atoms with E-state index >= 15 is 0 Å². The topological polar surface area (TPSA) is 39.6 Å². The minimum atomic E-state index is 0.342. The van der Waals surface area contributed by atoms with E-state index in [1.807, 2.05) is 18.3 Å². The van der Waals surface area contributed by atoms with Crippen molar-refractivity contribution in [1.82, 2.24) is 4.98 Å². The van der Waals surface area contributed by atoms with Crippen LogP contribution in [0.2, 0.25) is 0 Å². The highest BCUT2D eigenvalue weighted by molar-refractivity contribution is 8.00. The Morgan fingerprint density at radius 3 is 3.07 bits per heavy atom. The molecule has 2 rings (SSSR count). The van der Waals surface area contributed by atoms with Crippen LogP contribution >= 0.6 is 11.8 Å². The standard InChI is InChI=1S/C12H12N2S/c1-9(6-7-13)15-12-8-14-11-5-3-2-4-10(11)12/h2-5,8-9,14H,6H2,1H3. The fourth-order valence-corrected chi connectivity index (χ4v) is 2.55. The van der Waals surface area contributed by atoms with E-state index in [0.29, 0.717) is 11.7 Å². The van der Waals surface area contributed by atoms with Gasteiger partial charge in [0, 0.05) is 33.7 Å². The summed E-state index contributed by atoms with van der Waals surface area (Å²) in [5, 5.41) is 10.2. The van der Waals surface area contributed by atoms with Crippen molar-refractivity contribution < 1.29 is 0 Å². The van der Waals surface area contributed by atoms with Gasteiger partial charge in [-0.2, -0.15) is 5.26 Å². The third kappa shape index (κ3) is 2.16. The number of rotatable bonds is 3. The monoisotopic (exact) mass is 216 g/mol. The van der Waals surface area contributed by atoms with Gasteiger partial charge in [-0.1, -0.05) is 25.1 Å². The zero-order valence-electron chi connectivity index (χ0n) is 8.53. The van der Waals surface area contributed by atoms with Crippen LogP contribution in [0.25, 0.3) is 10.9 Å². The molecule has 0 fully saturated rings. The zero-order valence-corrected chi connectivity index (χ0v) is 9.34. The molecule has 15 heavy (non-hydrogen) atoms. The molecule has 1 atom stereocenters. The molecular formula is C12H12N2S. The van der Waals surface area contributed by atoms with Gasteiger partial charge in [-0.05, 0) is 6.07 Å². The van der Waals surface area contributed by atoms with Crippen molar-refractivity contribution >= 4 is 22.7 Å². The summed E-state index contributed by atoms with van der Waals surface area (Å²) >= 11 is 1.75. The summed E-state index contributed by atoms with van der Waals surface area (Å²) in [5.74, 6) is 0.